The summed E-state index contributed by atoms with van der Waals surface area (Å²) < 4.78 is 3.33. The van der Waals surface area contributed by atoms with Gasteiger partial charge in [0.25, 0.3) is 5.56 Å². The molecule has 0 saturated carbocycles. The van der Waals surface area contributed by atoms with Crippen LogP contribution in [0.25, 0.3) is 16.5 Å². The Balaban J connectivity index is 1.80. The van der Waals surface area contributed by atoms with Crippen molar-refractivity contribution >= 4 is 34.0 Å². The molecule has 2 heterocycles. The Morgan fingerprint density at radius 2 is 1.84 bits per heavy atom. The highest BCUT2D eigenvalue weighted by Crippen LogP contribution is 2.29. The predicted molar refractivity (Wildman–Crippen MR) is 124 cm³/mol. The zero-order valence-corrected chi connectivity index (χ0v) is 18.3. The number of aromatic nitrogens is 3. The number of aryl methyl sites for hydroxylation is 2. The van der Waals surface area contributed by atoms with Crippen molar-refractivity contribution in [1.82, 2.24) is 14.3 Å². The molecule has 0 aliphatic carbocycles. The number of hydrogen-bond donors (Lipinski definition) is 1. The molecule has 158 valence electrons. The van der Waals surface area contributed by atoms with Gasteiger partial charge in [0.05, 0.1) is 17.3 Å². The zero-order valence-electron chi connectivity index (χ0n) is 17.6. The van der Waals surface area contributed by atoms with Crippen molar-refractivity contribution in [3.8, 4) is 5.69 Å². The SMILES string of the molecule is CC[C@@H](C(=O)Nc1cccc(Cl)c1)n1c(C)c2cnn(-c3ccccc3)c(=O)c2c1C. The summed E-state index contributed by atoms with van der Waals surface area (Å²) in [7, 11) is 0. The molecule has 0 unspecified atom stereocenters. The van der Waals surface area contributed by atoms with Gasteiger partial charge in [-0.2, -0.15) is 9.78 Å². The Kier molecular flexibility index (Phi) is 5.65. The summed E-state index contributed by atoms with van der Waals surface area (Å²) in [6.07, 6.45) is 2.26. The minimum absolute atomic E-state index is 0.160. The van der Waals surface area contributed by atoms with Gasteiger partial charge in [0.1, 0.15) is 6.04 Å². The molecule has 0 bridgehead atoms. The van der Waals surface area contributed by atoms with Crippen LogP contribution in [-0.4, -0.2) is 20.3 Å². The second-order valence-electron chi connectivity index (χ2n) is 7.45. The molecule has 1 N–H and O–H groups in total. The van der Waals surface area contributed by atoms with Gasteiger partial charge in [-0.25, -0.2) is 0 Å². The maximum atomic E-state index is 13.3. The van der Waals surface area contributed by atoms with Crippen LogP contribution in [-0.2, 0) is 4.79 Å². The van der Waals surface area contributed by atoms with E-state index in [9.17, 15) is 9.59 Å². The van der Waals surface area contributed by atoms with Crippen molar-refractivity contribution < 1.29 is 4.79 Å². The number of carbonyl (C=O) groups excluding carboxylic acids is 1. The Labute approximate surface area is 185 Å². The van der Waals surface area contributed by atoms with Crippen molar-refractivity contribution in [2.45, 2.75) is 33.2 Å². The molecule has 6 nitrogen and oxygen atoms in total. The van der Waals surface area contributed by atoms with Crippen molar-refractivity contribution in [3.05, 3.63) is 87.6 Å². The number of nitrogens with one attached hydrogen (secondary N) is 1. The molecule has 0 radical (unpaired) electrons. The maximum absolute atomic E-state index is 13.3. The lowest BCUT2D eigenvalue weighted by Gasteiger charge is -2.21. The number of nitrogens with zero attached hydrogens (tertiary/aromatic N) is 3. The van der Waals surface area contributed by atoms with Gasteiger partial charge >= 0.3 is 0 Å². The average molecular weight is 435 g/mol. The molecule has 2 aromatic heterocycles. The number of anilines is 1. The molecule has 2 aromatic carbocycles. The fourth-order valence-electron chi connectivity index (χ4n) is 4.08. The molecular formula is C24H23ClN4O2. The van der Waals surface area contributed by atoms with Crippen LogP contribution < -0.4 is 10.9 Å². The third kappa shape index (κ3) is 3.75. The minimum atomic E-state index is -0.476. The first-order valence-corrected chi connectivity index (χ1v) is 10.5. The predicted octanol–water partition coefficient (Wildman–Crippen LogP) is 5.05. The number of amides is 1. The van der Waals surface area contributed by atoms with Crippen LogP contribution in [0.3, 0.4) is 0 Å². The van der Waals surface area contributed by atoms with Crippen molar-refractivity contribution in [3.63, 3.8) is 0 Å². The van der Waals surface area contributed by atoms with Gasteiger partial charge in [-0.3, -0.25) is 9.59 Å². The van der Waals surface area contributed by atoms with Crippen LogP contribution in [0.1, 0.15) is 30.8 Å². The van der Waals surface area contributed by atoms with Gasteiger partial charge in [0, 0.05) is 27.5 Å². The quantitative estimate of drug-likeness (QED) is 0.478. The van der Waals surface area contributed by atoms with E-state index >= 15 is 0 Å². The largest absolute Gasteiger partial charge is 0.335 e. The first kappa shape index (κ1) is 20.9. The van der Waals surface area contributed by atoms with Crippen molar-refractivity contribution in [2.75, 3.05) is 5.32 Å². The van der Waals surface area contributed by atoms with Gasteiger partial charge in [-0.1, -0.05) is 42.8 Å². The molecule has 4 rings (SSSR count). The van der Waals surface area contributed by atoms with Crippen LogP contribution in [0.4, 0.5) is 5.69 Å². The van der Waals surface area contributed by atoms with E-state index in [0.29, 0.717) is 28.2 Å². The third-order valence-electron chi connectivity index (χ3n) is 5.55. The summed E-state index contributed by atoms with van der Waals surface area (Å²) >= 11 is 6.04. The third-order valence-corrected chi connectivity index (χ3v) is 5.78. The summed E-state index contributed by atoms with van der Waals surface area (Å²) in [6.45, 7) is 5.74. The molecule has 0 fully saturated rings. The van der Waals surface area contributed by atoms with Gasteiger partial charge in [-0.15, -0.1) is 0 Å². The van der Waals surface area contributed by atoms with Crippen LogP contribution in [0.5, 0.6) is 0 Å². The fourth-order valence-corrected chi connectivity index (χ4v) is 4.27. The molecule has 0 aliphatic heterocycles. The Bertz CT molecular complexity index is 1320. The highest BCUT2D eigenvalue weighted by molar-refractivity contribution is 6.30. The number of hydrogen-bond acceptors (Lipinski definition) is 3. The van der Waals surface area contributed by atoms with E-state index in [-0.39, 0.29) is 11.5 Å². The van der Waals surface area contributed by atoms with Crippen LogP contribution in [0, 0.1) is 13.8 Å². The first-order valence-electron chi connectivity index (χ1n) is 10.1. The van der Waals surface area contributed by atoms with E-state index in [1.165, 1.54) is 4.68 Å². The summed E-state index contributed by atoms with van der Waals surface area (Å²) in [5.41, 5.74) is 2.72. The van der Waals surface area contributed by atoms with Crippen molar-refractivity contribution in [1.29, 1.82) is 0 Å². The zero-order chi connectivity index (χ0) is 22.1. The van der Waals surface area contributed by atoms with Crippen LogP contribution in [0.15, 0.2) is 65.6 Å². The highest BCUT2D eigenvalue weighted by atomic mass is 35.5. The van der Waals surface area contributed by atoms with E-state index in [1.54, 1.807) is 30.5 Å². The summed E-state index contributed by atoms with van der Waals surface area (Å²) in [6, 6.07) is 15.9. The average Bonchev–Trinajstić information content (AvgIpc) is 3.01. The molecule has 0 saturated heterocycles. The Hall–Kier alpha value is -3.38. The Morgan fingerprint density at radius 3 is 2.52 bits per heavy atom. The topological polar surface area (TPSA) is 68.9 Å². The van der Waals surface area contributed by atoms with E-state index < -0.39 is 6.04 Å². The lowest BCUT2D eigenvalue weighted by Crippen LogP contribution is -2.27. The molecule has 1 atom stereocenters. The number of fused-ring (bicyclic) bond motifs is 1. The lowest BCUT2D eigenvalue weighted by molar-refractivity contribution is -0.119. The molecule has 7 heteroatoms. The molecule has 0 aliphatic rings. The smallest absolute Gasteiger partial charge is 0.281 e. The molecule has 1 amide bonds. The second kappa shape index (κ2) is 8.40. The lowest BCUT2D eigenvalue weighted by atomic mass is 10.2. The molecule has 0 spiro atoms. The van der Waals surface area contributed by atoms with E-state index in [2.05, 4.69) is 10.4 Å². The van der Waals surface area contributed by atoms with Gasteiger partial charge in [0.15, 0.2) is 0 Å². The van der Waals surface area contributed by atoms with Gasteiger partial charge in [-0.05, 0) is 50.6 Å². The van der Waals surface area contributed by atoms with E-state index in [0.717, 1.165) is 16.8 Å². The van der Waals surface area contributed by atoms with E-state index in [4.69, 9.17) is 11.6 Å². The monoisotopic (exact) mass is 434 g/mol. The van der Waals surface area contributed by atoms with Crippen LogP contribution in [0.2, 0.25) is 5.02 Å². The summed E-state index contributed by atoms with van der Waals surface area (Å²) in [5.74, 6) is -0.160. The van der Waals surface area contributed by atoms with E-state index in [1.807, 2.05) is 55.7 Å². The standard InChI is InChI=1S/C24H23ClN4O2/c1-4-21(23(30)27-18-10-8-9-17(25)13-18)28-15(2)20-14-26-29(19-11-6-5-7-12-19)24(31)22(20)16(28)3/h5-14,21H,4H2,1-3H3,(H,27,30)/t21-/m0/s1. The molecule has 31 heavy (non-hydrogen) atoms. The fraction of sp³-hybridized carbons (Fsp3) is 0.208. The normalized spacial score (nSPS) is 12.1. The number of rotatable bonds is 5. The number of carbonyl (C=O) groups is 1. The first-order chi connectivity index (χ1) is 14.9. The van der Waals surface area contributed by atoms with Crippen molar-refractivity contribution in [2.24, 2.45) is 0 Å². The number of para-hydroxylation sites is 1. The second-order valence-corrected chi connectivity index (χ2v) is 7.89. The molecule has 4 aromatic rings. The highest BCUT2D eigenvalue weighted by Gasteiger charge is 2.25. The Morgan fingerprint density at radius 1 is 1.10 bits per heavy atom. The number of benzene rings is 2. The molecular weight excluding hydrogens is 412 g/mol. The van der Waals surface area contributed by atoms with Crippen LogP contribution >= 0.6 is 11.6 Å². The summed E-state index contributed by atoms with van der Waals surface area (Å²) in [5, 5.41) is 9.20. The summed E-state index contributed by atoms with van der Waals surface area (Å²) in [4.78, 5) is 26.4. The number of halogens is 1. The van der Waals surface area contributed by atoms with Gasteiger partial charge in [0.2, 0.25) is 5.91 Å². The van der Waals surface area contributed by atoms with Gasteiger partial charge < -0.3 is 9.88 Å². The maximum Gasteiger partial charge on any atom is 0.281 e. The minimum Gasteiger partial charge on any atom is -0.335 e.